The summed E-state index contributed by atoms with van der Waals surface area (Å²) in [6, 6.07) is 6.62. The summed E-state index contributed by atoms with van der Waals surface area (Å²) < 4.78 is 5.33. The van der Waals surface area contributed by atoms with Gasteiger partial charge in [0, 0.05) is 6.42 Å². The maximum absolute atomic E-state index is 13.5. The second-order valence-electron chi connectivity index (χ2n) is 11.3. The summed E-state index contributed by atoms with van der Waals surface area (Å²) in [4.78, 5) is 52.5. The molecule has 9 nitrogen and oxygen atoms in total. The third-order valence-electron chi connectivity index (χ3n) is 6.56. The normalized spacial score (nSPS) is 19.8. The predicted octanol–water partition coefficient (Wildman–Crippen LogP) is 2.29. The highest BCUT2D eigenvalue weighted by Gasteiger charge is 2.50. The van der Waals surface area contributed by atoms with Crippen LogP contribution in [0.15, 0.2) is 30.3 Å². The lowest BCUT2D eigenvalue weighted by atomic mass is 9.93. The van der Waals surface area contributed by atoms with Crippen molar-refractivity contribution in [1.29, 1.82) is 0 Å². The molecule has 5 atom stereocenters. The van der Waals surface area contributed by atoms with E-state index in [1.807, 2.05) is 65.0 Å². The molecule has 4 N–H and O–H groups in total. The van der Waals surface area contributed by atoms with Crippen molar-refractivity contribution < 1.29 is 29.0 Å². The number of amides is 3. The number of ether oxygens (including phenoxy) is 1. The van der Waals surface area contributed by atoms with Gasteiger partial charge in [-0.15, -0.1) is 0 Å². The van der Waals surface area contributed by atoms with Gasteiger partial charge in [-0.3, -0.25) is 19.2 Å². The Morgan fingerprint density at radius 2 is 1.37 bits per heavy atom. The van der Waals surface area contributed by atoms with Gasteiger partial charge in [-0.25, -0.2) is 0 Å². The van der Waals surface area contributed by atoms with E-state index in [1.54, 1.807) is 6.92 Å². The van der Waals surface area contributed by atoms with Crippen LogP contribution in [0.4, 0.5) is 0 Å². The van der Waals surface area contributed by atoms with Crippen LogP contribution in [0.25, 0.3) is 0 Å². The van der Waals surface area contributed by atoms with E-state index < -0.39 is 47.6 Å². The first-order chi connectivity index (χ1) is 17.9. The summed E-state index contributed by atoms with van der Waals surface area (Å²) in [5.74, 6) is -1.57. The molecule has 3 amide bonds. The lowest BCUT2D eigenvalue weighted by Gasteiger charge is -2.27. The Balaban J connectivity index is 2.25. The number of hydrogen-bond acceptors (Lipinski definition) is 6. The molecule has 0 saturated carbocycles. The molecule has 1 heterocycles. The van der Waals surface area contributed by atoms with E-state index in [4.69, 9.17) is 4.74 Å². The number of epoxide rings is 1. The Bertz CT molecular complexity index is 945. The lowest BCUT2D eigenvalue weighted by molar-refractivity contribution is -0.136. The molecule has 1 aromatic rings. The highest BCUT2D eigenvalue weighted by Crippen LogP contribution is 2.29. The van der Waals surface area contributed by atoms with Crippen molar-refractivity contribution in [3.05, 3.63) is 35.9 Å². The van der Waals surface area contributed by atoms with Crippen molar-refractivity contribution in [2.45, 2.75) is 103 Å². The third kappa shape index (κ3) is 9.83. The molecule has 1 aliphatic rings. The number of nitrogens with one attached hydrogen (secondary N) is 3. The molecule has 1 aliphatic heterocycles. The zero-order valence-corrected chi connectivity index (χ0v) is 23.6. The molecule has 9 heteroatoms. The molecule has 1 fully saturated rings. The van der Waals surface area contributed by atoms with Crippen molar-refractivity contribution in [3.8, 4) is 0 Å². The summed E-state index contributed by atoms with van der Waals surface area (Å²) in [5.41, 5.74) is -0.0586. The molecule has 212 valence electrons. The Morgan fingerprint density at radius 1 is 0.868 bits per heavy atom. The number of hydrogen-bond donors (Lipinski definition) is 4. The fraction of sp³-hybridized carbons (Fsp3) is 0.655. The maximum atomic E-state index is 13.5. The predicted molar refractivity (Wildman–Crippen MR) is 145 cm³/mol. The van der Waals surface area contributed by atoms with Crippen LogP contribution in [-0.4, -0.2) is 65.0 Å². The molecule has 1 aromatic carbocycles. The highest BCUT2D eigenvalue weighted by atomic mass is 16.6. The van der Waals surface area contributed by atoms with Crippen molar-refractivity contribution in [1.82, 2.24) is 16.0 Å². The van der Waals surface area contributed by atoms with E-state index in [0.717, 1.165) is 5.56 Å². The SMILES string of the molecule is CCC[C@H](O)C(=O)N[C@@H](CC(C)C)C(=O)N[C@@H](Cc1ccccc1)C(=O)N[C@@H](CC(C)C)C(=O)[C@@]1(C)CO1. The van der Waals surface area contributed by atoms with Crippen molar-refractivity contribution >= 4 is 23.5 Å². The van der Waals surface area contributed by atoms with Gasteiger partial charge in [-0.1, -0.05) is 71.4 Å². The number of benzene rings is 1. The molecule has 0 aliphatic carbocycles. The van der Waals surface area contributed by atoms with Crippen molar-refractivity contribution in [3.63, 3.8) is 0 Å². The van der Waals surface area contributed by atoms with Crippen molar-refractivity contribution in [2.75, 3.05) is 6.61 Å². The summed E-state index contributed by atoms with van der Waals surface area (Å²) in [5, 5.41) is 18.4. The summed E-state index contributed by atoms with van der Waals surface area (Å²) in [6.07, 6.45) is 0.677. The summed E-state index contributed by atoms with van der Waals surface area (Å²) in [7, 11) is 0. The minimum atomic E-state index is -1.21. The minimum Gasteiger partial charge on any atom is -0.383 e. The third-order valence-corrected chi connectivity index (χ3v) is 6.56. The van der Waals surface area contributed by atoms with Crippen LogP contribution >= 0.6 is 0 Å². The smallest absolute Gasteiger partial charge is 0.249 e. The van der Waals surface area contributed by atoms with Gasteiger partial charge < -0.3 is 25.8 Å². The zero-order valence-electron chi connectivity index (χ0n) is 23.6. The number of carbonyl (C=O) groups is 4. The first-order valence-corrected chi connectivity index (χ1v) is 13.7. The number of Topliss-reactive ketones (excluding diaryl/α,β-unsaturated/α-hetero) is 1. The first kappa shape index (κ1) is 31.4. The number of ketones is 1. The van der Waals surface area contributed by atoms with Gasteiger partial charge in [0.2, 0.25) is 17.7 Å². The largest absolute Gasteiger partial charge is 0.383 e. The number of aliphatic hydroxyl groups excluding tert-OH is 1. The van der Waals surface area contributed by atoms with Crippen LogP contribution in [0.3, 0.4) is 0 Å². The van der Waals surface area contributed by atoms with Crippen LogP contribution in [0.5, 0.6) is 0 Å². The van der Waals surface area contributed by atoms with E-state index in [9.17, 15) is 24.3 Å². The van der Waals surface area contributed by atoms with Crippen molar-refractivity contribution in [2.24, 2.45) is 11.8 Å². The number of aliphatic hydroxyl groups is 1. The standard InChI is InChI=1S/C29H45N3O6/c1-7-11-24(33)28(37)32-22(15-19(4)5)26(35)31-23(16-20-12-9-8-10-13-20)27(36)30-21(14-18(2)3)25(34)29(6)17-38-29/h8-10,12-13,18-19,21-24,33H,7,11,14-17H2,1-6H3,(H,30,36)(H,31,35)(H,32,37)/t21-,22-,23-,24-,29+/m0/s1. The van der Waals surface area contributed by atoms with Crippen LogP contribution in [0.1, 0.15) is 72.8 Å². The molecule has 1 saturated heterocycles. The molecule has 0 bridgehead atoms. The van der Waals surface area contributed by atoms with Crippen LogP contribution in [-0.2, 0) is 30.3 Å². The van der Waals surface area contributed by atoms with Crippen LogP contribution in [0.2, 0.25) is 0 Å². The minimum absolute atomic E-state index is 0.0723. The van der Waals surface area contributed by atoms with Crippen LogP contribution < -0.4 is 16.0 Å². The molecule has 0 spiro atoms. The molecule has 0 unspecified atom stereocenters. The monoisotopic (exact) mass is 531 g/mol. The Morgan fingerprint density at radius 3 is 1.89 bits per heavy atom. The summed E-state index contributed by atoms with van der Waals surface area (Å²) in [6.45, 7) is 11.7. The molecular weight excluding hydrogens is 486 g/mol. The zero-order chi connectivity index (χ0) is 28.5. The average molecular weight is 532 g/mol. The lowest BCUT2D eigenvalue weighted by Crippen LogP contribution is -2.58. The van der Waals surface area contributed by atoms with Gasteiger partial charge in [0.1, 0.15) is 23.8 Å². The highest BCUT2D eigenvalue weighted by molar-refractivity contribution is 5.98. The van der Waals surface area contributed by atoms with Crippen LogP contribution in [0, 0.1) is 11.8 Å². The van der Waals surface area contributed by atoms with Gasteiger partial charge in [-0.05, 0) is 43.6 Å². The fourth-order valence-corrected chi connectivity index (χ4v) is 4.30. The first-order valence-electron chi connectivity index (χ1n) is 13.7. The van der Waals surface area contributed by atoms with Gasteiger partial charge in [0.25, 0.3) is 0 Å². The quantitative estimate of drug-likeness (QED) is 0.242. The molecule has 0 aromatic heterocycles. The Kier molecular flexibility index (Phi) is 11.9. The van der Waals surface area contributed by atoms with E-state index in [-0.39, 0.29) is 30.5 Å². The summed E-state index contributed by atoms with van der Waals surface area (Å²) >= 11 is 0. The second kappa shape index (κ2) is 14.4. The number of rotatable bonds is 16. The van der Waals surface area contributed by atoms with Gasteiger partial charge in [-0.2, -0.15) is 0 Å². The molecule has 38 heavy (non-hydrogen) atoms. The Labute approximate surface area is 226 Å². The van der Waals surface area contributed by atoms with Gasteiger partial charge in [0.15, 0.2) is 5.78 Å². The van der Waals surface area contributed by atoms with E-state index in [2.05, 4.69) is 16.0 Å². The molecule has 0 radical (unpaired) electrons. The number of carbonyl (C=O) groups excluding carboxylic acids is 4. The molecule has 2 rings (SSSR count). The van der Waals surface area contributed by atoms with Gasteiger partial charge >= 0.3 is 0 Å². The Hall–Kier alpha value is -2.78. The topological polar surface area (TPSA) is 137 Å². The van der Waals surface area contributed by atoms with Gasteiger partial charge in [0.05, 0.1) is 12.6 Å². The van der Waals surface area contributed by atoms with E-state index in [0.29, 0.717) is 25.9 Å². The van der Waals surface area contributed by atoms with E-state index in [1.165, 1.54) is 0 Å². The molecular formula is C29H45N3O6. The fourth-order valence-electron chi connectivity index (χ4n) is 4.30. The van der Waals surface area contributed by atoms with E-state index >= 15 is 0 Å². The maximum Gasteiger partial charge on any atom is 0.249 e. The average Bonchev–Trinajstić information content (AvgIpc) is 3.60. The second-order valence-corrected chi connectivity index (χ2v) is 11.3.